The lowest BCUT2D eigenvalue weighted by molar-refractivity contribution is 0.379. The molecule has 0 aliphatic rings. The molecule has 174 valence electrons. The Kier molecular flexibility index (Phi) is 9.55. The van der Waals surface area contributed by atoms with E-state index in [2.05, 4.69) is 62.2 Å². The summed E-state index contributed by atoms with van der Waals surface area (Å²) >= 11 is 0. The predicted molar refractivity (Wildman–Crippen MR) is 136 cm³/mol. The molecule has 0 unspecified atom stereocenters. The summed E-state index contributed by atoms with van der Waals surface area (Å²) in [5.41, 5.74) is 0.980. The standard InChI is InChI=1S/C22H34N4O3S.HI/c1-21(2,3)16-8-10-17(11-9-16)30(27,28)13-12-24-20(23-7)26-15-19-25-14-18(29-19)22(4,5)6;/h8-11,14H,12-13,15H2,1-7H3,(H2,23,24,26);1H. The van der Waals surface area contributed by atoms with Crippen molar-refractivity contribution in [3.8, 4) is 0 Å². The average Bonchev–Trinajstić information content (AvgIpc) is 3.13. The van der Waals surface area contributed by atoms with Crippen LogP contribution in [0.3, 0.4) is 0 Å². The maximum absolute atomic E-state index is 12.6. The number of hydrogen-bond donors (Lipinski definition) is 2. The maximum Gasteiger partial charge on any atom is 0.213 e. The predicted octanol–water partition coefficient (Wildman–Crippen LogP) is 4.03. The highest BCUT2D eigenvalue weighted by atomic mass is 127. The molecule has 0 radical (unpaired) electrons. The van der Waals surface area contributed by atoms with Crippen LogP contribution < -0.4 is 10.6 Å². The van der Waals surface area contributed by atoms with E-state index >= 15 is 0 Å². The second-order valence-corrected chi connectivity index (χ2v) is 11.4. The van der Waals surface area contributed by atoms with Gasteiger partial charge >= 0.3 is 0 Å². The topological polar surface area (TPSA) is 96.6 Å². The molecule has 31 heavy (non-hydrogen) atoms. The van der Waals surface area contributed by atoms with Crippen molar-refractivity contribution in [2.45, 2.75) is 63.8 Å². The highest BCUT2D eigenvalue weighted by Gasteiger charge is 2.20. The van der Waals surface area contributed by atoms with Crippen LogP contribution in [0.2, 0.25) is 0 Å². The number of nitrogens with one attached hydrogen (secondary N) is 2. The van der Waals surface area contributed by atoms with Gasteiger partial charge in [-0.15, -0.1) is 24.0 Å². The SMILES string of the molecule is CN=C(NCCS(=O)(=O)c1ccc(C(C)(C)C)cc1)NCc1ncc(C(C)(C)C)o1.I. The fourth-order valence-electron chi connectivity index (χ4n) is 2.70. The number of benzene rings is 1. The number of nitrogens with zero attached hydrogens (tertiary/aromatic N) is 2. The van der Waals surface area contributed by atoms with Crippen LogP contribution >= 0.6 is 24.0 Å². The summed E-state index contributed by atoms with van der Waals surface area (Å²) in [6.45, 7) is 13.1. The van der Waals surface area contributed by atoms with E-state index in [1.54, 1.807) is 25.4 Å². The van der Waals surface area contributed by atoms with Gasteiger partial charge in [0.1, 0.15) is 5.76 Å². The summed E-state index contributed by atoms with van der Waals surface area (Å²) in [6, 6.07) is 7.11. The molecule has 0 saturated carbocycles. The Morgan fingerprint density at radius 1 is 1.03 bits per heavy atom. The van der Waals surface area contributed by atoms with E-state index in [1.807, 2.05) is 12.1 Å². The number of halogens is 1. The molecule has 0 bridgehead atoms. The van der Waals surface area contributed by atoms with Gasteiger partial charge in [-0.2, -0.15) is 0 Å². The molecule has 0 saturated heterocycles. The summed E-state index contributed by atoms with van der Waals surface area (Å²) in [5, 5.41) is 6.12. The van der Waals surface area contributed by atoms with Crippen molar-refractivity contribution in [2.75, 3.05) is 19.3 Å². The number of rotatable bonds is 6. The monoisotopic (exact) mass is 562 g/mol. The second kappa shape index (κ2) is 10.8. The zero-order valence-electron chi connectivity index (χ0n) is 19.4. The minimum atomic E-state index is -3.38. The van der Waals surface area contributed by atoms with E-state index in [0.29, 0.717) is 23.3 Å². The number of oxazole rings is 1. The average molecular weight is 563 g/mol. The van der Waals surface area contributed by atoms with Crippen molar-refractivity contribution >= 4 is 39.8 Å². The number of guanidine groups is 1. The molecule has 7 nitrogen and oxygen atoms in total. The lowest BCUT2D eigenvalue weighted by Crippen LogP contribution is -2.39. The van der Waals surface area contributed by atoms with Gasteiger partial charge in [-0.1, -0.05) is 53.7 Å². The first kappa shape index (κ1) is 27.4. The van der Waals surface area contributed by atoms with Gasteiger partial charge in [0.05, 0.1) is 23.4 Å². The highest BCUT2D eigenvalue weighted by molar-refractivity contribution is 14.0. The second-order valence-electron chi connectivity index (χ2n) is 9.31. The van der Waals surface area contributed by atoms with Gasteiger partial charge in [0.15, 0.2) is 15.8 Å². The van der Waals surface area contributed by atoms with E-state index in [-0.39, 0.29) is 47.1 Å². The van der Waals surface area contributed by atoms with E-state index in [1.165, 1.54) is 0 Å². The molecule has 0 fully saturated rings. The Morgan fingerprint density at radius 2 is 1.65 bits per heavy atom. The van der Waals surface area contributed by atoms with Crippen LogP contribution in [-0.4, -0.2) is 38.7 Å². The van der Waals surface area contributed by atoms with Gasteiger partial charge in [0.2, 0.25) is 5.89 Å². The van der Waals surface area contributed by atoms with E-state index < -0.39 is 9.84 Å². The lowest BCUT2D eigenvalue weighted by Gasteiger charge is -2.19. The molecule has 0 amide bonds. The maximum atomic E-state index is 12.6. The van der Waals surface area contributed by atoms with E-state index in [9.17, 15) is 8.42 Å². The third-order valence-electron chi connectivity index (χ3n) is 4.67. The van der Waals surface area contributed by atoms with Gasteiger partial charge in [0.25, 0.3) is 0 Å². The molecule has 1 aromatic heterocycles. The Balaban J connectivity index is 0.00000480. The lowest BCUT2D eigenvalue weighted by atomic mass is 9.87. The quantitative estimate of drug-likeness (QED) is 0.314. The number of aromatic nitrogens is 1. The van der Waals surface area contributed by atoms with Crippen LogP contribution in [0, 0.1) is 0 Å². The largest absolute Gasteiger partial charge is 0.443 e. The Morgan fingerprint density at radius 3 is 2.13 bits per heavy atom. The number of aliphatic imine (C=N–C) groups is 1. The Bertz CT molecular complexity index is 969. The van der Waals surface area contributed by atoms with Crippen LogP contribution in [0.5, 0.6) is 0 Å². The number of hydrogen-bond acceptors (Lipinski definition) is 5. The van der Waals surface area contributed by atoms with E-state index in [0.717, 1.165) is 11.3 Å². The molecule has 2 aromatic rings. The molecular weight excluding hydrogens is 527 g/mol. The molecule has 2 rings (SSSR count). The summed E-state index contributed by atoms with van der Waals surface area (Å²) in [5.74, 6) is 1.82. The third kappa shape index (κ3) is 8.10. The first-order valence-electron chi connectivity index (χ1n) is 10.1. The number of sulfone groups is 1. The van der Waals surface area contributed by atoms with Crippen LogP contribution in [0.15, 0.2) is 44.8 Å². The molecule has 0 atom stereocenters. The minimum absolute atomic E-state index is 0. The molecule has 2 N–H and O–H groups in total. The van der Waals surface area contributed by atoms with Crippen LogP contribution in [0.25, 0.3) is 0 Å². The van der Waals surface area contributed by atoms with Crippen LogP contribution in [-0.2, 0) is 27.2 Å². The van der Waals surface area contributed by atoms with Crippen molar-refractivity contribution in [3.05, 3.63) is 47.7 Å². The molecule has 1 aromatic carbocycles. The minimum Gasteiger partial charge on any atom is -0.443 e. The summed E-state index contributed by atoms with van der Waals surface area (Å²) < 4.78 is 31.0. The molecule has 0 aliphatic heterocycles. The van der Waals surface area contributed by atoms with Gasteiger partial charge < -0.3 is 15.1 Å². The van der Waals surface area contributed by atoms with Gasteiger partial charge in [-0.25, -0.2) is 13.4 Å². The smallest absolute Gasteiger partial charge is 0.213 e. The highest BCUT2D eigenvalue weighted by Crippen LogP contribution is 2.24. The van der Waals surface area contributed by atoms with Crippen molar-refractivity contribution in [3.63, 3.8) is 0 Å². The normalized spacial score (nSPS) is 12.9. The van der Waals surface area contributed by atoms with Crippen LogP contribution in [0.4, 0.5) is 0 Å². The first-order valence-corrected chi connectivity index (χ1v) is 11.7. The van der Waals surface area contributed by atoms with Gasteiger partial charge in [-0.3, -0.25) is 4.99 Å². The molecular formula is C22H35IN4O3S. The zero-order chi connectivity index (χ0) is 22.6. The molecule has 1 heterocycles. The van der Waals surface area contributed by atoms with Crippen molar-refractivity contribution in [1.29, 1.82) is 0 Å². The first-order chi connectivity index (χ1) is 13.8. The molecule has 0 aliphatic carbocycles. The Hall–Kier alpha value is -1.62. The molecule has 0 spiro atoms. The fraction of sp³-hybridized carbons (Fsp3) is 0.545. The Labute approximate surface area is 203 Å². The van der Waals surface area contributed by atoms with Gasteiger partial charge in [0, 0.05) is 19.0 Å². The third-order valence-corrected chi connectivity index (χ3v) is 6.40. The van der Waals surface area contributed by atoms with Crippen LogP contribution in [0.1, 0.15) is 58.8 Å². The molecule has 9 heteroatoms. The summed E-state index contributed by atoms with van der Waals surface area (Å²) in [4.78, 5) is 8.71. The fourth-order valence-corrected chi connectivity index (χ4v) is 3.86. The van der Waals surface area contributed by atoms with E-state index in [4.69, 9.17) is 4.42 Å². The zero-order valence-corrected chi connectivity index (χ0v) is 22.6. The summed E-state index contributed by atoms with van der Waals surface area (Å²) in [7, 11) is -1.75. The van der Waals surface area contributed by atoms with Crippen molar-refractivity contribution in [2.24, 2.45) is 4.99 Å². The van der Waals surface area contributed by atoms with Crippen molar-refractivity contribution < 1.29 is 12.8 Å². The summed E-state index contributed by atoms with van der Waals surface area (Å²) in [6.07, 6.45) is 1.73. The van der Waals surface area contributed by atoms with Crippen molar-refractivity contribution in [1.82, 2.24) is 15.6 Å². The van der Waals surface area contributed by atoms with Gasteiger partial charge in [-0.05, 0) is 23.1 Å².